The third-order valence-electron chi connectivity index (χ3n) is 3.47. The molecule has 7 heteroatoms. The van der Waals surface area contributed by atoms with Crippen LogP contribution < -0.4 is 16.0 Å². The molecule has 2 fully saturated rings. The van der Waals surface area contributed by atoms with Crippen molar-refractivity contribution in [2.75, 3.05) is 24.6 Å². The Balaban J connectivity index is 1.76. The Morgan fingerprint density at radius 2 is 1.72 bits per heavy atom. The number of urea groups is 1. The van der Waals surface area contributed by atoms with Gasteiger partial charge in [-0.05, 0) is 38.8 Å². The zero-order valence-corrected chi connectivity index (χ0v) is 11.3. The van der Waals surface area contributed by atoms with Crippen molar-refractivity contribution in [1.82, 2.24) is 16.0 Å². The van der Waals surface area contributed by atoms with E-state index in [1.54, 1.807) is 0 Å². The van der Waals surface area contributed by atoms with Crippen LogP contribution in [0.15, 0.2) is 0 Å². The summed E-state index contributed by atoms with van der Waals surface area (Å²) in [5.74, 6) is 0.327. The Morgan fingerprint density at radius 3 is 2.39 bits per heavy atom. The quantitative estimate of drug-likeness (QED) is 0.641. The number of hydrogen-bond donors (Lipinski definition) is 3. The van der Waals surface area contributed by atoms with Gasteiger partial charge in [0.25, 0.3) is 0 Å². The van der Waals surface area contributed by atoms with Gasteiger partial charge >= 0.3 is 6.03 Å². The highest BCUT2D eigenvalue weighted by Gasteiger charge is 2.26. The number of piperidine rings is 1. The first kappa shape index (κ1) is 13.6. The second kappa shape index (κ2) is 5.88. The molecule has 0 aromatic carbocycles. The molecule has 0 aliphatic carbocycles. The zero-order chi connectivity index (χ0) is 13.0. The van der Waals surface area contributed by atoms with Crippen molar-refractivity contribution in [2.24, 2.45) is 0 Å². The van der Waals surface area contributed by atoms with Crippen LogP contribution in [0.25, 0.3) is 0 Å². The maximum atomic E-state index is 11.8. The van der Waals surface area contributed by atoms with Crippen LogP contribution in [0.3, 0.4) is 0 Å². The van der Waals surface area contributed by atoms with E-state index in [2.05, 4.69) is 16.0 Å². The lowest BCUT2D eigenvalue weighted by molar-refractivity contribution is 0.229. The van der Waals surface area contributed by atoms with Crippen molar-refractivity contribution >= 4 is 15.9 Å². The molecule has 6 nitrogen and oxygen atoms in total. The summed E-state index contributed by atoms with van der Waals surface area (Å²) in [4.78, 5) is 11.8. The van der Waals surface area contributed by atoms with Gasteiger partial charge in [-0.2, -0.15) is 0 Å². The fourth-order valence-electron chi connectivity index (χ4n) is 2.52. The first-order chi connectivity index (χ1) is 8.55. The van der Waals surface area contributed by atoms with Crippen LogP contribution >= 0.6 is 0 Å². The first-order valence-corrected chi connectivity index (χ1v) is 8.35. The van der Waals surface area contributed by atoms with Crippen molar-refractivity contribution in [1.29, 1.82) is 0 Å². The number of sulfone groups is 1. The van der Waals surface area contributed by atoms with E-state index in [0.29, 0.717) is 6.42 Å². The molecule has 0 spiro atoms. The van der Waals surface area contributed by atoms with E-state index in [1.807, 2.05) is 0 Å². The van der Waals surface area contributed by atoms with E-state index >= 15 is 0 Å². The van der Waals surface area contributed by atoms with Crippen molar-refractivity contribution < 1.29 is 13.2 Å². The fraction of sp³-hybridized carbons (Fsp3) is 0.909. The number of carbonyl (C=O) groups is 1. The molecule has 0 aromatic rings. The summed E-state index contributed by atoms with van der Waals surface area (Å²) in [7, 11) is -2.96. The molecule has 2 aliphatic rings. The maximum Gasteiger partial charge on any atom is 0.315 e. The van der Waals surface area contributed by atoms with E-state index < -0.39 is 9.84 Å². The molecule has 0 bridgehead atoms. The van der Waals surface area contributed by atoms with Crippen molar-refractivity contribution in [3.05, 3.63) is 0 Å². The highest BCUT2D eigenvalue weighted by molar-refractivity contribution is 7.91. The van der Waals surface area contributed by atoms with Crippen LogP contribution in [0.5, 0.6) is 0 Å². The predicted octanol–water partition coefficient (Wildman–Crippen LogP) is -0.385. The standard InChI is InChI=1S/C11H21N3O3S/c15-11(13-9-3-5-12-6-4-9)14-10-2-1-7-18(16,17)8-10/h9-10,12H,1-8H2,(H2,13,14,15). The molecule has 2 saturated heterocycles. The van der Waals surface area contributed by atoms with Crippen molar-refractivity contribution in [3.63, 3.8) is 0 Å². The molecular formula is C11H21N3O3S. The van der Waals surface area contributed by atoms with Crippen LogP contribution in [-0.2, 0) is 9.84 Å². The van der Waals surface area contributed by atoms with E-state index in [0.717, 1.165) is 32.4 Å². The molecule has 0 aromatic heterocycles. The molecular weight excluding hydrogens is 254 g/mol. The number of hydrogen-bond acceptors (Lipinski definition) is 4. The Labute approximate surface area is 108 Å². The van der Waals surface area contributed by atoms with E-state index in [1.165, 1.54) is 0 Å². The van der Waals surface area contributed by atoms with Gasteiger partial charge in [-0.25, -0.2) is 13.2 Å². The first-order valence-electron chi connectivity index (χ1n) is 6.53. The molecule has 0 radical (unpaired) electrons. The van der Waals surface area contributed by atoms with E-state index in [4.69, 9.17) is 0 Å². The summed E-state index contributed by atoms with van der Waals surface area (Å²) >= 11 is 0. The van der Waals surface area contributed by atoms with Gasteiger partial charge in [0.05, 0.1) is 11.5 Å². The van der Waals surface area contributed by atoms with Gasteiger partial charge < -0.3 is 16.0 Å². The Kier molecular flexibility index (Phi) is 4.45. The highest BCUT2D eigenvalue weighted by Crippen LogP contribution is 2.12. The largest absolute Gasteiger partial charge is 0.335 e. The number of nitrogens with one attached hydrogen (secondary N) is 3. The Hall–Kier alpha value is -0.820. The molecule has 2 amide bonds. The second-order valence-corrected chi connectivity index (χ2v) is 7.32. The monoisotopic (exact) mass is 275 g/mol. The predicted molar refractivity (Wildman–Crippen MR) is 69.2 cm³/mol. The lowest BCUT2D eigenvalue weighted by atomic mass is 10.1. The minimum Gasteiger partial charge on any atom is -0.335 e. The number of amides is 2. The molecule has 18 heavy (non-hydrogen) atoms. The molecule has 0 saturated carbocycles. The van der Waals surface area contributed by atoms with E-state index in [9.17, 15) is 13.2 Å². The molecule has 2 rings (SSSR count). The molecule has 1 atom stereocenters. The summed E-state index contributed by atoms with van der Waals surface area (Å²) in [6.07, 6.45) is 3.24. The maximum absolute atomic E-state index is 11.8. The van der Waals surface area contributed by atoms with Gasteiger partial charge in [-0.1, -0.05) is 0 Å². The second-order valence-electron chi connectivity index (χ2n) is 5.10. The van der Waals surface area contributed by atoms with Crippen LogP contribution in [-0.4, -0.2) is 51.1 Å². The third kappa shape index (κ3) is 4.13. The topological polar surface area (TPSA) is 87.3 Å². The third-order valence-corrected chi connectivity index (χ3v) is 5.29. The zero-order valence-electron chi connectivity index (χ0n) is 10.4. The summed E-state index contributed by atoms with van der Waals surface area (Å²) in [5, 5.41) is 8.91. The molecule has 1 unspecified atom stereocenters. The van der Waals surface area contributed by atoms with Crippen LogP contribution in [0.4, 0.5) is 4.79 Å². The van der Waals surface area contributed by atoms with Gasteiger partial charge in [0, 0.05) is 12.1 Å². The SMILES string of the molecule is O=C(NC1CCNCC1)NC1CCCS(=O)(=O)C1. The molecule has 3 N–H and O–H groups in total. The highest BCUT2D eigenvalue weighted by atomic mass is 32.2. The average Bonchev–Trinajstić information content (AvgIpc) is 2.28. The summed E-state index contributed by atoms with van der Waals surface area (Å²) in [6, 6.07) is -0.263. The number of rotatable bonds is 2. The van der Waals surface area contributed by atoms with Crippen LogP contribution in [0, 0.1) is 0 Å². The Morgan fingerprint density at radius 1 is 1.06 bits per heavy atom. The van der Waals surface area contributed by atoms with Gasteiger partial charge in [0.15, 0.2) is 9.84 Å². The number of carbonyl (C=O) groups excluding carboxylic acids is 1. The van der Waals surface area contributed by atoms with Crippen molar-refractivity contribution in [3.8, 4) is 0 Å². The van der Waals surface area contributed by atoms with Crippen LogP contribution in [0.1, 0.15) is 25.7 Å². The summed E-state index contributed by atoms with van der Waals surface area (Å²) in [5.41, 5.74) is 0. The van der Waals surface area contributed by atoms with Gasteiger partial charge in [-0.15, -0.1) is 0 Å². The minimum absolute atomic E-state index is 0.0760. The minimum atomic E-state index is -2.96. The van der Waals surface area contributed by atoms with Crippen molar-refractivity contribution in [2.45, 2.75) is 37.8 Å². The summed E-state index contributed by atoms with van der Waals surface area (Å²) < 4.78 is 22.9. The Bertz CT molecular complexity index is 390. The van der Waals surface area contributed by atoms with E-state index in [-0.39, 0.29) is 29.6 Å². The summed E-state index contributed by atoms with van der Waals surface area (Å²) in [6.45, 7) is 1.84. The lowest BCUT2D eigenvalue weighted by Gasteiger charge is -2.27. The smallest absolute Gasteiger partial charge is 0.315 e. The van der Waals surface area contributed by atoms with Gasteiger partial charge in [-0.3, -0.25) is 0 Å². The van der Waals surface area contributed by atoms with Gasteiger partial charge in [0.2, 0.25) is 0 Å². The average molecular weight is 275 g/mol. The lowest BCUT2D eigenvalue weighted by Crippen LogP contribution is -2.51. The molecule has 2 heterocycles. The van der Waals surface area contributed by atoms with Gasteiger partial charge in [0.1, 0.15) is 0 Å². The van der Waals surface area contributed by atoms with Crippen LogP contribution in [0.2, 0.25) is 0 Å². The molecule has 104 valence electrons. The normalized spacial score (nSPS) is 28.6. The fourth-order valence-corrected chi connectivity index (χ4v) is 4.15. The molecule has 2 aliphatic heterocycles.